The van der Waals surface area contributed by atoms with Crippen LogP contribution < -0.4 is 5.32 Å². The van der Waals surface area contributed by atoms with Crippen molar-refractivity contribution >= 4 is 5.69 Å². The van der Waals surface area contributed by atoms with Gasteiger partial charge in [-0.3, -0.25) is 0 Å². The molecule has 1 N–H and O–H groups in total. The van der Waals surface area contributed by atoms with Gasteiger partial charge in [0.1, 0.15) is 6.07 Å². The van der Waals surface area contributed by atoms with Crippen molar-refractivity contribution in [2.45, 2.75) is 59.4 Å². The number of hydrogen-bond donors (Lipinski definition) is 1. The first-order valence-corrected chi connectivity index (χ1v) is 7.68. The molecule has 0 aliphatic heterocycles. The van der Waals surface area contributed by atoms with Crippen LogP contribution in [0, 0.1) is 29.6 Å². The van der Waals surface area contributed by atoms with Crippen molar-refractivity contribution in [3.63, 3.8) is 0 Å². The second-order valence-electron chi connectivity index (χ2n) is 7.17. The summed E-state index contributed by atoms with van der Waals surface area (Å²) in [5, 5.41) is 12.9. The Bertz CT molecular complexity index is 497. The normalized spacial score (nSPS) is 23.1. The minimum Gasteiger partial charge on any atom is -0.381 e. The second-order valence-corrected chi connectivity index (χ2v) is 7.17. The highest BCUT2D eigenvalue weighted by atomic mass is 14.9. The lowest BCUT2D eigenvalue weighted by Gasteiger charge is -2.37. The zero-order valence-electron chi connectivity index (χ0n) is 13.2. The van der Waals surface area contributed by atoms with Crippen molar-refractivity contribution in [1.82, 2.24) is 0 Å². The Balaban J connectivity index is 2.00. The number of benzene rings is 1. The maximum absolute atomic E-state index is 9.29. The molecule has 0 radical (unpaired) electrons. The van der Waals surface area contributed by atoms with E-state index in [4.69, 9.17) is 0 Å². The van der Waals surface area contributed by atoms with Gasteiger partial charge in [0, 0.05) is 6.04 Å². The highest BCUT2D eigenvalue weighted by molar-refractivity contribution is 5.61. The second kappa shape index (κ2) is 5.87. The van der Waals surface area contributed by atoms with Gasteiger partial charge in [-0.25, -0.2) is 0 Å². The number of anilines is 1. The molecule has 0 heterocycles. The predicted molar refractivity (Wildman–Crippen MR) is 84.7 cm³/mol. The fourth-order valence-electron chi connectivity index (χ4n) is 3.26. The van der Waals surface area contributed by atoms with E-state index in [0.717, 1.165) is 22.7 Å². The van der Waals surface area contributed by atoms with Gasteiger partial charge in [-0.1, -0.05) is 32.9 Å². The van der Waals surface area contributed by atoms with E-state index in [1.54, 1.807) is 0 Å². The van der Waals surface area contributed by atoms with Gasteiger partial charge >= 0.3 is 0 Å². The van der Waals surface area contributed by atoms with Crippen LogP contribution in [0.5, 0.6) is 0 Å². The number of hydrogen-bond acceptors (Lipinski definition) is 2. The molecule has 0 saturated heterocycles. The number of nitriles is 1. The predicted octanol–water partition coefficient (Wildman–Crippen LogP) is 4.88. The van der Waals surface area contributed by atoms with Crippen LogP contribution in [0.3, 0.4) is 0 Å². The molecule has 1 saturated carbocycles. The van der Waals surface area contributed by atoms with Crippen molar-refractivity contribution in [1.29, 1.82) is 5.26 Å². The highest BCUT2D eigenvalue weighted by Gasteiger charge is 2.29. The van der Waals surface area contributed by atoms with E-state index in [1.807, 2.05) is 25.1 Å². The van der Waals surface area contributed by atoms with Gasteiger partial charge in [0.15, 0.2) is 0 Å². The van der Waals surface area contributed by atoms with E-state index in [0.29, 0.717) is 11.5 Å². The van der Waals surface area contributed by atoms with Crippen LogP contribution in [0.2, 0.25) is 0 Å². The minimum absolute atomic E-state index is 0.423. The summed E-state index contributed by atoms with van der Waals surface area (Å²) >= 11 is 0. The lowest BCUT2D eigenvalue weighted by Crippen LogP contribution is -2.31. The summed E-state index contributed by atoms with van der Waals surface area (Å²) in [7, 11) is 0. The van der Waals surface area contributed by atoms with Crippen LogP contribution in [-0.2, 0) is 0 Å². The molecule has 108 valence electrons. The SMILES string of the molecule is Cc1cccc(NC2CCC(C(C)(C)C)CC2)c1C#N. The highest BCUT2D eigenvalue weighted by Crippen LogP contribution is 2.38. The fraction of sp³-hybridized carbons (Fsp3) is 0.611. The molecule has 1 aromatic rings. The molecule has 2 heteroatoms. The molecule has 0 atom stereocenters. The lowest BCUT2D eigenvalue weighted by molar-refractivity contribution is 0.173. The van der Waals surface area contributed by atoms with Gasteiger partial charge in [-0.05, 0) is 55.6 Å². The van der Waals surface area contributed by atoms with E-state index in [2.05, 4.69) is 32.2 Å². The molecule has 1 fully saturated rings. The van der Waals surface area contributed by atoms with Gasteiger partial charge in [-0.2, -0.15) is 5.26 Å². The van der Waals surface area contributed by atoms with E-state index in [1.165, 1.54) is 25.7 Å². The van der Waals surface area contributed by atoms with Gasteiger partial charge in [0.2, 0.25) is 0 Å². The zero-order valence-corrected chi connectivity index (χ0v) is 13.2. The van der Waals surface area contributed by atoms with Gasteiger partial charge < -0.3 is 5.32 Å². The third-order valence-electron chi connectivity index (χ3n) is 4.70. The molecule has 1 aliphatic carbocycles. The number of rotatable bonds is 2. The first kappa shape index (κ1) is 14.9. The van der Waals surface area contributed by atoms with Crippen molar-refractivity contribution in [2.75, 3.05) is 5.32 Å². The molecule has 2 rings (SSSR count). The Morgan fingerprint density at radius 3 is 2.35 bits per heavy atom. The van der Waals surface area contributed by atoms with Crippen LogP contribution in [0.15, 0.2) is 18.2 Å². The molecule has 1 aromatic carbocycles. The Labute approximate surface area is 123 Å². The van der Waals surface area contributed by atoms with Gasteiger partial charge in [0.25, 0.3) is 0 Å². The molecule has 20 heavy (non-hydrogen) atoms. The summed E-state index contributed by atoms with van der Waals surface area (Å²) in [5.41, 5.74) is 3.28. The van der Waals surface area contributed by atoms with Crippen LogP contribution >= 0.6 is 0 Å². The topological polar surface area (TPSA) is 35.8 Å². The van der Waals surface area contributed by atoms with Crippen molar-refractivity contribution in [3.05, 3.63) is 29.3 Å². The zero-order chi connectivity index (χ0) is 14.8. The van der Waals surface area contributed by atoms with Crippen molar-refractivity contribution in [2.24, 2.45) is 11.3 Å². The maximum Gasteiger partial charge on any atom is 0.102 e. The lowest BCUT2D eigenvalue weighted by atomic mass is 9.71. The maximum atomic E-state index is 9.29. The van der Waals surface area contributed by atoms with Gasteiger partial charge in [0.05, 0.1) is 11.3 Å². The Hall–Kier alpha value is -1.49. The number of nitrogens with zero attached hydrogens (tertiary/aromatic N) is 1. The third-order valence-corrected chi connectivity index (χ3v) is 4.70. The molecule has 0 aromatic heterocycles. The first-order valence-electron chi connectivity index (χ1n) is 7.68. The molecular weight excluding hydrogens is 244 g/mol. The van der Waals surface area contributed by atoms with Crippen LogP contribution in [0.4, 0.5) is 5.69 Å². The number of aryl methyl sites for hydroxylation is 1. The first-order chi connectivity index (χ1) is 9.41. The summed E-state index contributed by atoms with van der Waals surface area (Å²) in [6.07, 6.45) is 4.99. The average molecular weight is 270 g/mol. The van der Waals surface area contributed by atoms with Crippen LogP contribution in [0.1, 0.15) is 57.6 Å². The molecule has 0 spiro atoms. The van der Waals surface area contributed by atoms with E-state index >= 15 is 0 Å². The third kappa shape index (κ3) is 3.33. The largest absolute Gasteiger partial charge is 0.381 e. The monoisotopic (exact) mass is 270 g/mol. The molecule has 1 aliphatic rings. The summed E-state index contributed by atoms with van der Waals surface area (Å²) in [6.45, 7) is 9.04. The summed E-state index contributed by atoms with van der Waals surface area (Å²) in [5.74, 6) is 0.827. The Kier molecular flexibility index (Phi) is 4.38. The summed E-state index contributed by atoms with van der Waals surface area (Å²) < 4.78 is 0. The van der Waals surface area contributed by atoms with Crippen molar-refractivity contribution in [3.8, 4) is 6.07 Å². The van der Waals surface area contributed by atoms with Crippen molar-refractivity contribution < 1.29 is 0 Å². The quantitative estimate of drug-likeness (QED) is 0.831. The summed E-state index contributed by atoms with van der Waals surface area (Å²) in [4.78, 5) is 0. The average Bonchev–Trinajstić information content (AvgIpc) is 2.38. The van der Waals surface area contributed by atoms with Crippen LogP contribution in [-0.4, -0.2) is 6.04 Å². The molecular formula is C18H26N2. The van der Waals surface area contributed by atoms with Gasteiger partial charge in [-0.15, -0.1) is 0 Å². The molecule has 0 bridgehead atoms. The fourth-order valence-corrected chi connectivity index (χ4v) is 3.26. The minimum atomic E-state index is 0.423. The van der Waals surface area contributed by atoms with E-state index in [-0.39, 0.29) is 0 Å². The standard InChI is InChI=1S/C18H26N2/c1-13-6-5-7-17(16(13)12-19)20-15-10-8-14(9-11-15)18(2,3)4/h5-7,14-15,20H,8-11H2,1-4H3. The van der Waals surface area contributed by atoms with E-state index in [9.17, 15) is 5.26 Å². The van der Waals surface area contributed by atoms with E-state index < -0.39 is 0 Å². The summed E-state index contributed by atoms with van der Waals surface area (Å²) in [6, 6.07) is 8.90. The Morgan fingerprint density at radius 2 is 1.80 bits per heavy atom. The Morgan fingerprint density at radius 1 is 1.15 bits per heavy atom. The molecule has 0 unspecified atom stereocenters. The smallest absolute Gasteiger partial charge is 0.102 e. The number of nitrogens with one attached hydrogen (secondary N) is 1. The van der Waals surface area contributed by atoms with Crippen LogP contribution in [0.25, 0.3) is 0 Å². The molecule has 2 nitrogen and oxygen atoms in total. The molecule has 0 amide bonds.